The van der Waals surface area contributed by atoms with Crippen LogP contribution in [0.15, 0.2) is 85.5 Å². The first-order chi connectivity index (χ1) is 12.8. The Kier molecular flexibility index (Phi) is 4.49. The maximum absolute atomic E-state index is 5.35. The number of methoxy groups -OCH3 is 1. The van der Waals surface area contributed by atoms with Gasteiger partial charge in [-0.15, -0.1) is 6.58 Å². The molecule has 2 heteroatoms. The number of fused-ring (bicyclic) bond motifs is 1. The predicted molar refractivity (Wildman–Crippen MR) is 109 cm³/mol. The van der Waals surface area contributed by atoms with E-state index in [0.29, 0.717) is 6.04 Å². The molecule has 0 unspecified atom stereocenters. The second kappa shape index (κ2) is 7.09. The molecule has 0 radical (unpaired) electrons. The molecule has 0 aliphatic carbocycles. The van der Waals surface area contributed by atoms with E-state index in [2.05, 4.69) is 78.6 Å². The maximum Gasteiger partial charge on any atom is 0.119 e. The summed E-state index contributed by atoms with van der Waals surface area (Å²) in [6, 6.07) is 25.9. The number of benzene rings is 3. The Morgan fingerprint density at radius 2 is 1.73 bits per heavy atom. The fourth-order valence-electron chi connectivity index (χ4n) is 3.77. The van der Waals surface area contributed by atoms with Gasteiger partial charge in [0.2, 0.25) is 0 Å². The second-order valence-electron chi connectivity index (χ2n) is 6.73. The lowest BCUT2D eigenvalue weighted by Crippen LogP contribution is -2.23. The molecule has 1 aliphatic rings. The van der Waals surface area contributed by atoms with Gasteiger partial charge in [0.05, 0.1) is 7.11 Å². The van der Waals surface area contributed by atoms with Gasteiger partial charge in [0, 0.05) is 17.6 Å². The van der Waals surface area contributed by atoms with Crippen molar-refractivity contribution in [1.82, 2.24) is 0 Å². The van der Waals surface area contributed by atoms with E-state index in [1.807, 2.05) is 12.1 Å². The highest BCUT2D eigenvalue weighted by Crippen LogP contribution is 2.36. The van der Waals surface area contributed by atoms with Crippen LogP contribution < -0.4 is 10.1 Å². The average Bonchev–Trinajstić information content (AvgIpc) is 3.12. The van der Waals surface area contributed by atoms with E-state index in [-0.39, 0.29) is 5.92 Å². The van der Waals surface area contributed by atoms with Crippen molar-refractivity contribution < 1.29 is 4.74 Å². The van der Waals surface area contributed by atoms with Gasteiger partial charge in [0.1, 0.15) is 5.75 Å². The van der Waals surface area contributed by atoms with Crippen LogP contribution >= 0.6 is 0 Å². The van der Waals surface area contributed by atoms with Gasteiger partial charge >= 0.3 is 0 Å². The minimum Gasteiger partial charge on any atom is -0.497 e. The van der Waals surface area contributed by atoms with Gasteiger partial charge in [0.25, 0.3) is 0 Å². The Morgan fingerprint density at radius 3 is 2.42 bits per heavy atom. The van der Waals surface area contributed by atoms with Gasteiger partial charge in [-0.25, -0.2) is 0 Å². The molecule has 0 saturated heterocycles. The van der Waals surface area contributed by atoms with Crippen molar-refractivity contribution in [3.8, 4) is 16.9 Å². The third kappa shape index (κ3) is 3.11. The predicted octanol–water partition coefficient (Wildman–Crippen LogP) is 5.67. The highest BCUT2D eigenvalue weighted by Gasteiger charge is 2.27. The molecule has 0 aromatic heterocycles. The fraction of sp³-hybridized carbons (Fsp3) is 0.167. The van der Waals surface area contributed by atoms with E-state index < -0.39 is 0 Å². The lowest BCUT2D eigenvalue weighted by atomic mass is 9.89. The molecule has 1 heterocycles. The summed E-state index contributed by atoms with van der Waals surface area (Å²) < 4.78 is 5.35. The first-order valence-electron chi connectivity index (χ1n) is 9.00. The van der Waals surface area contributed by atoms with Gasteiger partial charge in [-0.1, -0.05) is 60.7 Å². The molecular weight excluding hydrogens is 318 g/mol. The normalized spacial score (nSPS) is 16.4. The summed E-state index contributed by atoms with van der Waals surface area (Å²) in [7, 11) is 1.71. The Hall–Kier alpha value is -3.00. The largest absolute Gasteiger partial charge is 0.497 e. The lowest BCUT2D eigenvalue weighted by Gasteiger charge is -2.21. The van der Waals surface area contributed by atoms with Crippen LogP contribution in [0.4, 0.5) is 5.69 Å². The van der Waals surface area contributed by atoms with Crippen molar-refractivity contribution in [2.45, 2.75) is 18.4 Å². The zero-order valence-electron chi connectivity index (χ0n) is 15.0. The van der Waals surface area contributed by atoms with Crippen molar-refractivity contribution in [3.05, 3.63) is 96.6 Å². The number of ether oxygens (including phenoxy) is 1. The monoisotopic (exact) mass is 341 g/mol. The first-order valence-corrected chi connectivity index (χ1v) is 9.00. The van der Waals surface area contributed by atoms with Crippen LogP contribution in [0, 0.1) is 0 Å². The minimum atomic E-state index is 0.262. The van der Waals surface area contributed by atoms with Gasteiger partial charge < -0.3 is 10.1 Å². The molecule has 0 spiro atoms. The quantitative estimate of drug-likeness (QED) is 0.604. The maximum atomic E-state index is 5.35. The zero-order chi connectivity index (χ0) is 17.9. The molecule has 2 atom stereocenters. The molecule has 3 aromatic rings. The van der Waals surface area contributed by atoms with Crippen LogP contribution in [-0.2, 0) is 6.42 Å². The van der Waals surface area contributed by atoms with Crippen LogP contribution in [0.5, 0.6) is 5.75 Å². The number of hydrogen-bond donors (Lipinski definition) is 1. The summed E-state index contributed by atoms with van der Waals surface area (Å²) >= 11 is 0. The molecule has 1 aliphatic heterocycles. The molecule has 130 valence electrons. The first kappa shape index (κ1) is 16.5. The summed E-state index contributed by atoms with van der Waals surface area (Å²) in [5.41, 5.74) is 6.28. The number of rotatable bonds is 5. The SMILES string of the molecule is C=C[C@@H](c1ccc(-c2ccccc2)cc1)[C@@H]1Cc2cc(OC)ccc2N1. The van der Waals surface area contributed by atoms with Crippen molar-refractivity contribution in [2.24, 2.45) is 0 Å². The van der Waals surface area contributed by atoms with Crippen molar-refractivity contribution in [3.63, 3.8) is 0 Å². The highest BCUT2D eigenvalue weighted by atomic mass is 16.5. The van der Waals surface area contributed by atoms with Crippen molar-refractivity contribution in [2.75, 3.05) is 12.4 Å². The molecule has 2 nitrogen and oxygen atoms in total. The second-order valence-corrected chi connectivity index (χ2v) is 6.73. The van der Waals surface area contributed by atoms with Gasteiger partial charge in [0.15, 0.2) is 0 Å². The van der Waals surface area contributed by atoms with Crippen molar-refractivity contribution >= 4 is 5.69 Å². The number of nitrogens with one attached hydrogen (secondary N) is 1. The molecule has 0 fully saturated rings. The summed E-state index contributed by atoms with van der Waals surface area (Å²) in [5.74, 6) is 1.17. The molecular formula is C24H23NO. The molecule has 3 aromatic carbocycles. The third-order valence-electron chi connectivity index (χ3n) is 5.18. The Bertz CT molecular complexity index is 899. The molecule has 4 rings (SSSR count). The summed E-state index contributed by atoms with van der Waals surface area (Å²) in [5, 5.41) is 3.65. The van der Waals surface area contributed by atoms with E-state index in [1.165, 1.54) is 27.9 Å². The molecule has 26 heavy (non-hydrogen) atoms. The zero-order valence-corrected chi connectivity index (χ0v) is 15.0. The fourth-order valence-corrected chi connectivity index (χ4v) is 3.77. The number of hydrogen-bond acceptors (Lipinski definition) is 2. The van der Waals surface area contributed by atoms with Gasteiger partial charge in [-0.05, 0) is 46.9 Å². The topological polar surface area (TPSA) is 21.3 Å². The Morgan fingerprint density at radius 1 is 1.00 bits per heavy atom. The van der Waals surface area contributed by atoms with E-state index in [4.69, 9.17) is 4.74 Å². The van der Waals surface area contributed by atoms with Crippen LogP contribution in [0.2, 0.25) is 0 Å². The van der Waals surface area contributed by atoms with E-state index >= 15 is 0 Å². The molecule has 1 N–H and O–H groups in total. The van der Waals surface area contributed by atoms with Crippen LogP contribution in [-0.4, -0.2) is 13.2 Å². The Balaban J connectivity index is 1.55. The summed E-state index contributed by atoms with van der Waals surface area (Å²) in [4.78, 5) is 0. The van der Waals surface area contributed by atoms with Crippen LogP contribution in [0.1, 0.15) is 17.0 Å². The molecule has 0 saturated carbocycles. The summed E-state index contributed by atoms with van der Waals surface area (Å²) in [6.45, 7) is 4.09. The average molecular weight is 341 g/mol. The lowest BCUT2D eigenvalue weighted by molar-refractivity contribution is 0.414. The Labute approximate surface area is 155 Å². The molecule has 0 bridgehead atoms. The summed E-state index contributed by atoms with van der Waals surface area (Å²) in [6.07, 6.45) is 3.03. The standard InChI is InChI=1S/C24H23NO/c1-3-22(24-16-20-15-21(26-2)13-14-23(20)25-24)19-11-9-18(10-12-19)17-7-5-4-6-8-17/h3-15,22,24-25H,1,16H2,2H3/t22-,24-/m0/s1. The van der Waals surface area contributed by atoms with E-state index in [1.54, 1.807) is 7.11 Å². The van der Waals surface area contributed by atoms with E-state index in [0.717, 1.165) is 12.2 Å². The van der Waals surface area contributed by atoms with Crippen molar-refractivity contribution in [1.29, 1.82) is 0 Å². The van der Waals surface area contributed by atoms with Gasteiger partial charge in [-0.2, -0.15) is 0 Å². The van der Waals surface area contributed by atoms with E-state index in [9.17, 15) is 0 Å². The third-order valence-corrected chi connectivity index (χ3v) is 5.18. The molecule has 0 amide bonds. The van der Waals surface area contributed by atoms with Crippen LogP contribution in [0.3, 0.4) is 0 Å². The van der Waals surface area contributed by atoms with Crippen LogP contribution in [0.25, 0.3) is 11.1 Å². The smallest absolute Gasteiger partial charge is 0.119 e. The van der Waals surface area contributed by atoms with Gasteiger partial charge in [-0.3, -0.25) is 0 Å². The number of anilines is 1. The minimum absolute atomic E-state index is 0.262. The highest BCUT2D eigenvalue weighted by molar-refractivity contribution is 5.64.